The highest BCUT2D eigenvalue weighted by Gasteiger charge is 2.50. The molecule has 0 bridgehead atoms. The molecule has 2 unspecified atom stereocenters. The van der Waals surface area contributed by atoms with Crippen LogP contribution in [0.25, 0.3) is 0 Å². The van der Waals surface area contributed by atoms with E-state index in [4.69, 9.17) is 0 Å². The van der Waals surface area contributed by atoms with Crippen molar-refractivity contribution in [3.8, 4) is 0 Å². The van der Waals surface area contributed by atoms with Crippen LogP contribution in [0.2, 0.25) is 0 Å². The van der Waals surface area contributed by atoms with Gasteiger partial charge in [-0.1, -0.05) is 120 Å². The molecule has 0 aliphatic heterocycles. The highest BCUT2D eigenvalue weighted by molar-refractivity contribution is 7.39. The molecule has 0 aromatic heterocycles. The Kier molecular flexibility index (Phi) is 5.92. The normalized spacial score (nSPS) is 12.0. The summed E-state index contributed by atoms with van der Waals surface area (Å²) >= 11 is 0. The quantitative estimate of drug-likeness (QED) is 0.233. The van der Waals surface area contributed by atoms with Crippen molar-refractivity contribution in [3.05, 3.63) is 143 Å². The number of rotatable bonds is 5. The molecule has 0 saturated carbocycles. The van der Waals surface area contributed by atoms with Gasteiger partial charge in [-0.15, -0.1) is 18.5 Å². The van der Waals surface area contributed by atoms with Crippen LogP contribution < -0.4 is 0 Å². The van der Waals surface area contributed by atoms with Gasteiger partial charge in [0.2, 0.25) is 0 Å². The van der Waals surface area contributed by atoms with E-state index in [2.05, 4.69) is 142 Å². The van der Waals surface area contributed by atoms with Crippen LogP contribution in [-0.2, 0) is 10.3 Å². The Morgan fingerprint density at radius 2 is 0.767 bits per heavy atom. The van der Waals surface area contributed by atoms with Crippen LogP contribution in [0.15, 0.2) is 109 Å². The Labute approximate surface area is 185 Å². The third kappa shape index (κ3) is 3.54. The van der Waals surface area contributed by atoms with Gasteiger partial charge in [-0.05, 0) is 36.1 Å². The van der Waals surface area contributed by atoms with E-state index < -0.39 is 5.41 Å². The zero-order valence-corrected chi connectivity index (χ0v) is 19.9. The first-order chi connectivity index (χ1) is 14.5. The van der Waals surface area contributed by atoms with Gasteiger partial charge >= 0.3 is 0 Å². The van der Waals surface area contributed by atoms with Crippen LogP contribution in [0.4, 0.5) is 0 Å². The van der Waals surface area contributed by atoms with Crippen LogP contribution in [0.3, 0.4) is 0 Å². The average molecular weight is 426 g/mol. The lowest BCUT2D eigenvalue weighted by Gasteiger charge is -2.48. The van der Waals surface area contributed by atoms with Gasteiger partial charge in [-0.3, -0.25) is 0 Å². The minimum atomic E-state index is -0.410. The zero-order valence-electron chi connectivity index (χ0n) is 17.5. The summed E-state index contributed by atoms with van der Waals surface area (Å²) in [6.07, 6.45) is 0. The van der Waals surface area contributed by atoms with E-state index in [0.29, 0.717) is 0 Å². The topological polar surface area (TPSA) is 0 Å². The first-order valence-corrected chi connectivity index (χ1v) is 11.4. The van der Waals surface area contributed by atoms with E-state index in [1.807, 2.05) is 0 Å². The fraction of sp³-hybridized carbons (Fsp3) is 0.143. The number of hydrogen-bond acceptors (Lipinski definition) is 0. The molecule has 0 aliphatic carbocycles. The van der Waals surface area contributed by atoms with Gasteiger partial charge in [0.25, 0.3) is 0 Å². The Morgan fingerprint density at radius 1 is 0.433 bits per heavy atom. The van der Waals surface area contributed by atoms with E-state index in [9.17, 15) is 0 Å². The molecule has 2 heteroatoms. The van der Waals surface area contributed by atoms with Crippen LogP contribution in [-0.4, -0.2) is 0 Å². The van der Waals surface area contributed by atoms with Gasteiger partial charge < -0.3 is 0 Å². The van der Waals surface area contributed by atoms with Gasteiger partial charge in [0.15, 0.2) is 0 Å². The standard InChI is InChI=1S/C28H28P2/c1-21-13-17-24(18-14-21)27(23-9-5-3-6-10-23,25-19-15-22(2)16-20-25)28(29,30)26-11-7-4-8-12-26/h3-20H,29-30H2,1-2H3. The van der Waals surface area contributed by atoms with Crippen LogP contribution in [0.5, 0.6) is 0 Å². The molecule has 0 heterocycles. The largest absolute Gasteiger partial charge is 0.121 e. The summed E-state index contributed by atoms with van der Waals surface area (Å²) in [5.74, 6) is 0. The van der Waals surface area contributed by atoms with E-state index >= 15 is 0 Å². The molecular formula is C28H28P2. The summed E-state index contributed by atoms with van der Waals surface area (Å²) in [4.78, 5) is -0.361. The zero-order chi connectivity index (χ0) is 21.2. The predicted octanol–water partition coefficient (Wildman–Crippen LogP) is 7.24. The van der Waals surface area contributed by atoms with Crippen molar-refractivity contribution < 1.29 is 0 Å². The molecular weight excluding hydrogens is 398 g/mol. The Morgan fingerprint density at radius 3 is 1.17 bits per heavy atom. The smallest absolute Gasteiger partial charge is 0.0616 e. The van der Waals surface area contributed by atoms with Crippen LogP contribution in [0.1, 0.15) is 33.4 Å². The Hall–Kier alpha value is -2.26. The van der Waals surface area contributed by atoms with Gasteiger partial charge in [0.1, 0.15) is 0 Å². The molecule has 150 valence electrons. The van der Waals surface area contributed by atoms with E-state index in [-0.39, 0.29) is 4.90 Å². The highest BCUT2D eigenvalue weighted by atomic mass is 31.1. The van der Waals surface area contributed by atoms with Crippen molar-refractivity contribution in [2.24, 2.45) is 0 Å². The first kappa shape index (κ1) is 21.0. The lowest BCUT2D eigenvalue weighted by molar-refractivity contribution is 0.560. The molecule has 0 amide bonds. The summed E-state index contributed by atoms with van der Waals surface area (Å²) in [5, 5.41) is 0. The Bertz CT molecular complexity index is 1050. The molecule has 0 nitrogen and oxygen atoms in total. The van der Waals surface area contributed by atoms with Crippen molar-refractivity contribution in [3.63, 3.8) is 0 Å². The maximum Gasteiger partial charge on any atom is 0.0616 e. The molecule has 0 saturated heterocycles. The Balaban J connectivity index is 2.14. The average Bonchev–Trinajstić information content (AvgIpc) is 2.78. The second kappa shape index (κ2) is 8.47. The summed E-state index contributed by atoms with van der Waals surface area (Å²) in [5.41, 5.74) is 7.20. The molecule has 4 aromatic carbocycles. The minimum Gasteiger partial charge on any atom is -0.121 e. The number of benzene rings is 4. The van der Waals surface area contributed by atoms with E-state index in [1.165, 1.54) is 33.4 Å². The van der Waals surface area contributed by atoms with Gasteiger partial charge in [0.05, 0.1) is 5.41 Å². The SMILES string of the molecule is Cc1ccc(C(c2ccccc2)(c2ccc(C)cc2)C(P)(P)c2ccccc2)cc1. The molecule has 2 atom stereocenters. The van der Waals surface area contributed by atoms with Crippen LogP contribution in [0, 0.1) is 13.8 Å². The molecule has 0 aliphatic rings. The predicted molar refractivity (Wildman–Crippen MR) is 136 cm³/mol. The summed E-state index contributed by atoms with van der Waals surface area (Å²) in [7, 11) is 6.36. The third-order valence-corrected chi connectivity index (χ3v) is 7.58. The molecule has 0 spiro atoms. The number of aryl methyl sites for hydroxylation is 2. The molecule has 0 N–H and O–H groups in total. The van der Waals surface area contributed by atoms with E-state index in [1.54, 1.807) is 0 Å². The van der Waals surface area contributed by atoms with Gasteiger partial charge in [0, 0.05) is 4.90 Å². The van der Waals surface area contributed by atoms with Crippen molar-refractivity contribution in [1.29, 1.82) is 0 Å². The van der Waals surface area contributed by atoms with Crippen molar-refractivity contribution in [2.75, 3.05) is 0 Å². The van der Waals surface area contributed by atoms with Gasteiger partial charge in [-0.25, -0.2) is 0 Å². The van der Waals surface area contributed by atoms with E-state index in [0.717, 1.165) is 0 Å². The lowest BCUT2D eigenvalue weighted by atomic mass is 9.65. The van der Waals surface area contributed by atoms with Crippen molar-refractivity contribution in [2.45, 2.75) is 24.2 Å². The summed E-state index contributed by atoms with van der Waals surface area (Å²) < 4.78 is 0. The number of hydrogen-bond donors (Lipinski definition) is 0. The molecule has 0 radical (unpaired) electrons. The first-order valence-electron chi connectivity index (χ1n) is 10.3. The summed E-state index contributed by atoms with van der Waals surface area (Å²) in [6, 6.07) is 39.7. The molecule has 0 fully saturated rings. The minimum absolute atomic E-state index is 0.361. The highest BCUT2D eigenvalue weighted by Crippen LogP contribution is 2.60. The van der Waals surface area contributed by atoms with Crippen LogP contribution >= 0.6 is 18.5 Å². The van der Waals surface area contributed by atoms with Crippen molar-refractivity contribution >= 4 is 18.5 Å². The lowest BCUT2D eigenvalue weighted by Crippen LogP contribution is -2.43. The fourth-order valence-corrected chi connectivity index (χ4v) is 5.83. The third-order valence-electron chi connectivity index (χ3n) is 6.05. The summed E-state index contributed by atoms with van der Waals surface area (Å²) in [6.45, 7) is 4.29. The fourth-order valence-electron chi connectivity index (χ4n) is 4.44. The second-order valence-electron chi connectivity index (χ2n) is 8.08. The molecule has 4 aromatic rings. The maximum absolute atomic E-state index is 3.18. The maximum atomic E-state index is 3.18. The van der Waals surface area contributed by atoms with Gasteiger partial charge in [-0.2, -0.15) is 0 Å². The molecule has 4 rings (SSSR count). The molecule has 30 heavy (non-hydrogen) atoms. The monoisotopic (exact) mass is 426 g/mol. The van der Waals surface area contributed by atoms with Crippen molar-refractivity contribution in [1.82, 2.24) is 0 Å². The second-order valence-corrected chi connectivity index (χ2v) is 10.6.